The van der Waals surface area contributed by atoms with Crippen molar-refractivity contribution in [2.24, 2.45) is 0 Å². The molecule has 2 aromatic carbocycles. The second-order valence-corrected chi connectivity index (χ2v) is 5.49. The van der Waals surface area contributed by atoms with Crippen LogP contribution in [0, 0.1) is 0 Å². The molecule has 0 unspecified atom stereocenters. The van der Waals surface area contributed by atoms with Gasteiger partial charge in [0, 0.05) is 10.6 Å². The summed E-state index contributed by atoms with van der Waals surface area (Å²) in [5.74, 6) is 0.862. The van der Waals surface area contributed by atoms with Crippen LogP contribution in [0.1, 0.15) is 6.92 Å². The highest BCUT2D eigenvalue weighted by Crippen LogP contribution is 2.33. The Labute approximate surface area is 110 Å². The Morgan fingerprint density at radius 3 is 2.11 bits per heavy atom. The Morgan fingerprint density at radius 1 is 0.944 bits per heavy atom. The third kappa shape index (κ3) is 3.13. The van der Waals surface area contributed by atoms with Crippen LogP contribution < -0.4 is 15.3 Å². The van der Waals surface area contributed by atoms with E-state index in [1.54, 1.807) is 0 Å². The van der Waals surface area contributed by atoms with E-state index >= 15 is 0 Å². The lowest BCUT2D eigenvalue weighted by Gasteiger charge is -2.16. The maximum atomic E-state index is 5.43. The first kappa shape index (κ1) is 13.1. The summed E-state index contributed by atoms with van der Waals surface area (Å²) in [5, 5.41) is 2.17. The van der Waals surface area contributed by atoms with E-state index in [4.69, 9.17) is 17.2 Å². The van der Waals surface area contributed by atoms with Crippen molar-refractivity contribution >= 4 is 26.8 Å². The molecule has 4 heteroatoms. The highest BCUT2D eigenvalue weighted by atomic mass is 31.1. The molecule has 0 fully saturated rings. The van der Waals surface area contributed by atoms with Crippen LogP contribution in [0.25, 0.3) is 0 Å². The number of hydrogen-bond acceptors (Lipinski definition) is 2. The molecule has 0 aliphatic carbocycles. The smallest absolute Gasteiger partial charge is 0.289 e. The van der Waals surface area contributed by atoms with Crippen LogP contribution in [-0.2, 0) is 4.44 Å². The first-order valence-electron chi connectivity index (χ1n) is 5.80. The summed E-state index contributed by atoms with van der Waals surface area (Å²) in [6.45, 7) is 2.63. The van der Waals surface area contributed by atoms with Gasteiger partial charge in [-0.15, -0.1) is 0 Å². The first-order chi connectivity index (χ1) is 8.85. The fraction of sp³-hybridized carbons (Fsp3) is 0.143. The van der Waals surface area contributed by atoms with Gasteiger partial charge in [-0.2, -0.15) is 0 Å². The van der Waals surface area contributed by atoms with Gasteiger partial charge in [0.1, 0.15) is 5.75 Å². The lowest BCUT2D eigenvalue weighted by atomic mass is 10.3. The molecule has 0 saturated carbocycles. The van der Waals surface area contributed by atoms with Crippen molar-refractivity contribution in [1.29, 1.82) is 0 Å². The van der Waals surface area contributed by atoms with E-state index in [0.29, 0.717) is 6.61 Å². The van der Waals surface area contributed by atoms with Crippen molar-refractivity contribution < 1.29 is 9.18 Å². The van der Waals surface area contributed by atoms with E-state index in [1.165, 1.54) is 0 Å². The maximum absolute atomic E-state index is 5.43. The Hall–Kier alpha value is -1.31. The topological polar surface area (TPSA) is 18.5 Å². The van der Waals surface area contributed by atoms with Gasteiger partial charge in [0.25, 0.3) is 8.05 Å². The summed E-state index contributed by atoms with van der Waals surface area (Å²) in [5.41, 5.74) is 0. The molecule has 0 aliphatic heterocycles. The van der Waals surface area contributed by atoms with Crippen LogP contribution in [0.2, 0.25) is 0 Å². The summed E-state index contributed by atoms with van der Waals surface area (Å²) >= 11 is 0. The lowest BCUT2D eigenvalue weighted by molar-refractivity contribution is 0.340. The Kier molecular flexibility index (Phi) is 4.80. The molecule has 2 aromatic rings. The van der Waals surface area contributed by atoms with E-state index in [-0.39, 0.29) is 0 Å². The highest BCUT2D eigenvalue weighted by Gasteiger charge is 2.12. The van der Waals surface area contributed by atoms with Crippen LogP contribution in [0.15, 0.2) is 54.6 Å². The van der Waals surface area contributed by atoms with Gasteiger partial charge in [-0.1, -0.05) is 30.3 Å². The largest absolute Gasteiger partial charge is 0.494 e. The van der Waals surface area contributed by atoms with E-state index < -0.39 is 8.15 Å². The average Bonchev–Trinajstić information content (AvgIpc) is 2.43. The fourth-order valence-electron chi connectivity index (χ4n) is 1.68. The first-order valence-corrected chi connectivity index (χ1v) is 7.06. The monoisotopic (exact) mass is 256 g/mol. The molecule has 0 saturated heterocycles. The molecule has 0 bridgehead atoms. The zero-order valence-corrected chi connectivity index (χ0v) is 11.1. The predicted molar refractivity (Wildman–Crippen MR) is 77.1 cm³/mol. The van der Waals surface area contributed by atoms with Crippen LogP contribution >= 0.6 is 8.15 Å². The predicted octanol–water partition coefficient (Wildman–Crippen LogP) is 2.53. The van der Waals surface area contributed by atoms with Crippen molar-refractivity contribution in [3.05, 3.63) is 54.6 Å². The average molecular weight is 256 g/mol. The second-order valence-electron chi connectivity index (χ2n) is 3.66. The SMILES string of the molecule is [B]O[P@](c1ccccc1)c1ccc(OCC)cc1. The third-order valence-electron chi connectivity index (χ3n) is 2.48. The zero-order chi connectivity index (χ0) is 12.8. The van der Waals surface area contributed by atoms with Crippen LogP contribution in [0.5, 0.6) is 5.75 Å². The molecule has 0 N–H and O–H groups in total. The van der Waals surface area contributed by atoms with Gasteiger partial charge in [-0.25, -0.2) is 0 Å². The summed E-state index contributed by atoms with van der Waals surface area (Å²) < 4.78 is 10.6. The van der Waals surface area contributed by atoms with E-state index in [2.05, 4.69) is 0 Å². The van der Waals surface area contributed by atoms with Crippen molar-refractivity contribution in [3.63, 3.8) is 0 Å². The lowest BCUT2D eigenvalue weighted by Crippen LogP contribution is -2.12. The molecular formula is C14H14BO2P. The molecule has 2 nitrogen and oxygen atoms in total. The molecule has 1 atom stereocenters. The van der Waals surface area contributed by atoms with Gasteiger partial charge in [-0.05, 0) is 31.2 Å². The molecular weight excluding hydrogens is 242 g/mol. The minimum atomic E-state index is -0.948. The quantitative estimate of drug-likeness (QED) is 0.604. The van der Waals surface area contributed by atoms with E-state index in [1.807, 2.05) is 61.5 Å². The molecule has 0 heterocycles. The molecule has 0 spiro atoms. The van der Waals surface area contributed by atoms with Crippen molar-refractivity contribution in [2.45, 2.75) is 6.92 Å². The van der Waals surface area contributed by atoms with Gasteiger partial charge >= 0.3 is 0 Å². The van der Waals surface area contributed by atoms with E-state index in [0.717, 1.165) is 16.4 Å². The molecule has 0 aliphatic rings. The fourth-order valence-corrected chi connectivity index (χ4v) is 3.08. The Bertz CT molecular complexity index is 473. The second kappa shape index (κ2) is 6.58. The number of hydrogen-bond donors (Lipinski definition) is 0. The normalized spacial score (nSPS) is 12.1. The minimum Gasteiger partial charge on any atom is -0.494 e. The zero-order valence-electron chi connectivity index (χ0n) is 10.2. The summed E-state index contributed by atoms with van der Waals surface area (Å²) in [6, 6.07) is 17.9. The Morgan fingerprint density at radius 2 is 1.56 bits per heavy atom. The third-order valence-corrected chi connectivity index (χ3v) is 4.22. The Balaban J connectivity index is 2.23. The maximum Gasteiger partial charge on any atom is 0.289 e. The van der Waals surface area contributed by atoms with Crippen LogP contribution in [0.4, 0.5) is 0 Å². The minimum absolute atomic E-state index is 0.667. The molecule has 0 amide bonds. The number of rotatable bonds is 5. The highest BCUT2D eigenvalue weighted by molar-refractivity contribution is 7.69. The molecule has 2 rings (SSSR count). The van der Waals surface area contributed by atoms with Crippen LogP contribution in [-0.4, -0.2) is 14.7 Å². The standard InChI is InChI=1S/C14H14BO2P/c1-2-16-12-8-10-14(11-9-12)18(17-15)13-6-4-3-5-7-13/h3-11H,2H2,1H3/t18-/m1/s1. The van der Waals surface area contributed by atoms with Gasteiger partial charge in [0.05, 0.1) is 14.8 Å². The van der Waals surface area contributed by atoms with Gasteiger partial charge in [-0.3, -0.25) is 0 Å². The summed E-state index contributed by atoms with van der Waals surface area (Å²) in [6.07, 6.45) is 0. The number of ether oxygens (including phenoxy) is 1. The van der Waals surface area contributed by atoms with Crippen LogP contribution in [0.3, 0.4) is 0 Å². The van der Waals surface area contributed by atoms with Gasteiger partial charge < -0.3 is 9.18 Å². The molecule has 2 radical (unpaired) electrons. The van der Waals surface area contributed by atoms with Gasteiger partial charge in [0.15, 0.2) is 0 Å². The number of benzene rings is 2. The van der Waals surface area contributed by atoms with E-state index in [9.17, 15) is 0 Å². The molecule has 18 heavy (non-hydrogen) atoms. The van der Waals surface area contributed by atoms with Gasteiger partial charge in [0.2, 0.25) is 0 Å². The summed E-state index contributed by atoms with van der Waals surface area (Å²) in [4.78, 5) is 0. The van der Waals surface area contributed by atoms with Crippen molar-refractivity contribution in [1.82, 2.24) is 0 Å². The van der Waals surface area contributed by atoms with Crippen molar-refractivity contribution in [2.75, 3.05) is 6.61 Å². The van der Waals surface area contributed by atoms with Crippen molar-refractivity contribution in [3.8, 4) is 5.75 Å². The summed E-state index contributed by atoms with van der Waals surface area (Å²) in [7, 11) is 4.48. The molecule has 90 valence electrons. The molecule has 0 aromatic heterocycles.